The van der Waals surface area contributed by atoms with E-state index >= 15 is 0 Å². The van der Waals surface area contributed by atoms with Crippen molar-refractivity contribution in [2.45, 2.75) is 51.5 Å². The van der Waals surface area contributed by atoms with Crippen LogP contribution in [0.25, 0.3) is 11.1 Å². The molecule has 244 valence electrons. The lowest BCUT2D eigenvalue weighted by atomic mass is 9.62. The van der Waals surface area contributed by atoms with E-state index < -0.39 is 17.3 Å². The highest BCUT2D eigenvalue weighted by Gasteiger charge is 2.62. The molecule has 3 amide bonds. The number of aliphatic hydroxyl groups excluding tert-OH is 1. The lowest BCUT2D eigenvalue weighted by molar-refractivity contribution is -0.186. The quantitative estimate of drug-likeness (QED) is 0.135. The Hall–Kier alpha value is -4.86. The van der Waals surface area contributed by atoms with E-state index in [0.29, 0.717) is 38.3 Å². The summed E-state index contributed by atoms with van der Waals surface area (Å²) >= 11 is 0. The molecule has 2 fully saturated rings. The molecule has 2 aliphatic heterocycles. The van der Waals surface area contributed by atoms with Crippen LogP contribution in [-0.4, -0.2) is 58.6 Å². The molecule has 4 aromatic carbocycles. The summed E-state index contributed by atoms with van der Waals surface area (Å²) < 4.78 is 11.4. The average Bonchev–Trinajstić information content (AvgIpc) is 3.08. The molecule has 3 N–H and O–H groups in total. The van der Waals surface area contributed by atoms with E-state index in [4.69, 9.17) is 9.47 Å². The first kappa shape index (κ1) is 32.1. The van der Waals surface area contributed by atoms with E-state index in [-0.39, 0.29) is 23.7 Å². The van der Waals surface area contributed by atoms with Crippen LogP contribution >= 0.6 is 0 Å². The predicted octanol–water partition coefficient (Wildman–Crippen LogP) is 6.97. The second-order valence-electron chi connectivity index (χ2n) is 12.7. The minimum Gasteiger partial charge on any atom is -0.508 e. The number of carbonyl (C=O) groups is 2. The van der Waals surface area contributed by atoms with Gasteiger partial charge in [0, 0.05) is 31.1 Å². The summed E-state index contributed by atoms with van der Waals surface area (Å²) in [4.78, 5) is 30.9. The van der Waals surface area contributed by atoms with E-state index in [0.717, 1.165) is 28.1 Å². The van der Waals surface area contributed by atoms with Crippen molar-refractivity contribution in [2.75, 3.05) is 29.9 Å². The fourth-order valence-electron chi connectivity index (χ4n) is 6.61. The Bertz CT molecular complexity index is 1680. The van der Waals surface area contributed by atoms with Crippen molar-refractivity contribution in [3.63, 3.8) is 0 Å². The van der Waals surface area contributed by atoms with E-state index in [1.165, 1.54) is 0 Å². The SMILES string of the molecule is CCOC(O)C(C)(C)Oc1ccc(N2C(=O)C3(CCN(C(=O)Nc4ccccc4)CC3)C2c2ccc(-c3ccc(O)cc3)cc2)cc1. The van der Waals surface area contributed by atoms with Crippen molar-refractivity contribution in [2.24, 2.45) is 5.41 Å². The monoisotopic (exact) mass is 635 g/mol. The maximum absolute atomic E-state index is 14.2. The van der Waals surface area contributed by atoms with Crippen molar-refractivity contribution >= 4 is 23.3 Å². The number of phenolic OH excluding ortho intramolecular Hbond substituents is 1. The van der Waals surface area contributed by atoms with Crippen LogP contribution in [0.2, 0.25) is 0 Å². The van der Waals surface area contributed by atoms with Gasteiger partial charge in [0.15, 0.2) is 11.9 Å². The first-order valence-electron chi connectivity index (χ1n) is 16.0. The molecule has 0 radical (unpaired) electrons. The largest absolute Gasteiger partial charge is 0.508 e. The topological polar surface area (TPSA) is 112 Å². The zero-order chi connectivity index (χ0) is 33.2. The number of urea groups is 1. The summed E-state index contributed by atoms with van der Waals surface area (Å²) in [6.07, 6.45) is -0.0160. The average molecular weight is 636 g/mol. The number of amides is 3. The van der Waals surface area contributed by atoms with Crippen molar-refractivity contribution < 1.29 is 29.3 Å². The smallest absolute Gasteiger partial charge is 0.321 e. The highest BCUT2D eigenvalue weighted by molar-refractivity contribution is 6.06. The number of aromatic hydroxyl groups is 1. The van der Waals surface area contributed by atoms with Gasteiger partial charge in [0.1, 0.15) is 11.5 Å². The second kappa shape index (κ2) is 13.1. The standard InChI is InChI=1S/C38H41N3O6/c1-4-46-35(44)37(2,3)47-32-20-16-30(17-21-32)41-33(28-12-10-26(11-13-28)27-14-18-31(42)19-15-27)38(34(41)43)22-24-40(25-23-38)36(45)39-29-8-6-5-7-9-29/h5-21,33,35,42,44H,4,22-25H2,1-3H3,(H,39,45). The molecule has 1 spiro atoms. The van der Waals surface area contributed by atoms with Gasteiger partial charge in [-0.05, 0) is 98.8 Å². The van der Waals surface area contributed by atoms with Crippen LogP contribution in [0.3, 0.4) is 0 Å². The third kappa shape index (κ3) is 6.41. The molecular formula is C38H41N3O6. The van der Waals surface area contributed by atoms with Crippen molar-refractivity contribution in [3.8, 4) is 22.6 Å². The molecule has 9 nitrogen and oxygen atoms in total. The van der Waals surface area contributed by atoms with E-state index in [2.05, 4.69) is 17.4 Å². The number of aliphatic hydroxyl groups is 1. The normalized spacial score (nSPS) is 18.0. The van der Waals surface area contributed by atoms with Gasteiger partial charge in [0.25, 0.3) is 0 Å². The van der Waals surface area contributed by atoms with Crippen molar-refractivity contribution in [1.29, 1.82) is 0 Å². The van der Waals surface area contributed by atoms with E-state index in [9.17, 15) is 19.8 Å². The van der Waals surface area contributed by atoms with Gasteiger partial charge in [-0.3, -0.25) is 4.79 Å². The molecule has 0 bridgehead atoms. The first-order chi connectivity index (χ1) is 22.6. The highest BCUT2D eigenvalue weighted by Crippen LogP contribution is 2.57. The number of hydrogen-bond acceptors (Lipinski definition) is 6. The number of para-hydroxylation sites is 1. The third-order valence-corrected chi connectivity index (χ3v) is 9.24. The summed E-state index contributed by atoms with van der Waals surface area (Å²) in [7, 11) is 0. The molecule has 6 rings (SSSR count). The van der Waals surface area contributed by atoms with Crippen molar-refractivity contribution in [3.05, 3.63) is 109 Å². The number of nitrogens with zero attached hydrogens (tertiary/aromatic N) is 2. The number of nitrogens with one attached hydrogen (secondary N) is 1. The Morgan fingerprint density at radius 3 is 2.11 bits per heavy atom. The van der Waals surface area contributed by atoms with Gasteiger partial charge in [-0.15, -0.1) is 0 Å². The number of hydrogen-bond donors (Lipinski definition) is 3. The van der Waals surface area contributed by atoms with Crippen LogP contribution in [0.1, 0.15) is 45.2 Å². The summed E-state index contributed by atoms with van der Waals surface area (Å²) in [5, 5.41) is 23.0. The molecule has 47 heavy (non-hydrogen) atoms. The molecule has 0 aliphatic carbocycles. The fourth-order valence-corrected chi connectivity index (χ4v) is 6.61. The first-order valence-corrected chi connectivity index (χ1v) is 16.0. The number of likely N-dealkylation sites (tertiary alicyclic amines) is 1. The van der Waals surface area contributed by atoms with Crippen LogP contribution in [0.15, 0.2) is 103 Å². The molecule has 2 atom stereocenters. The molecule has 4 aromatic rings. The van der Waals surface area contributed by atoms with E-state index in [1.807, 2.05) is 78.6 Å². The van der Waals surface area contributed by atoms with Crippen molar-refractivity contribution in [1.82, 2.24) is 4.90 Å². The lowest BCUT2D eigenvalue weighted by Gasteiger charge is -2.59. The maximum Gasteiger partial charge on any atom is 0.321 e. The number of ether oxygens (including phenoxy) is 2. The predicted molar refractivity (Wildman–Crippen MR) is 181 cm³/mol. The number of rotatable bonds is 9. The zero-order valence-corrected chi connectivity index (χ0v) is 26.9. The Balaban J connectivity index is 1.25. The molecule has 0 saturated carbocycles. The second-order valence-corrected chi connectivity index (χ2v) is 12.7. The molecule has 2 saturated heterocycles. The zero-order valence-electron chi connectivity index (χ0n) is 26.9. The summed E-state index contributed by atoms with van der Waals surface area (Å²) in [6, 6.07) is 31.6. The summed E-state index contributed by atoms with van der Waals surface area (Å²) in [5.41, 5.74) is 2.85. The Morgan fingerprint density at radius 1 is 0.915 bits per heavy atom. The van der Waals surface area contributed by atoms with Gasteiger partial charge in [-0.25, -0.2) is 4.79 Å². The van der Waals surface area contributed by atoms with Crippen LogP contribution in [0, 0.1) is 5.41 Å². The van der Waals surface area contributed by atoms with E-state index in [1.54, 1.807) is 43.0 Å². The lowest BCUT2D eigenvalue weighted by Crippen LogP contribution is -2.67. The Kier molecular flexibility index (Phi) is 8.94. The van der Waals surface area contributed by atoms with Crippen LogP contribution in [0.5, 0.6) is 11.5 Å². The summed E-state index contributed by atoms with van der Waals surface area (Å²) in [5.74, 6) is 0.798. The van der Waals surface area contributed by atoms with Crippen LogP contribution in [0.4, 0.5) is 16.2 Å². The Morgan fingerprint density at radius 2 is 1.51 bits per heavy atom. The number of phenols is 1. The van der Waals surface area contributed by atoms with Crippen LogP contribution < -0.4 is 15.0 Å². The molecule has 2 aliphatic rings. The molecular weight excluding hydrogens is 594 g/mol. The van der Waals surface area contributed by atoms with Gasteiger partial charge in [-0.2, -0.15) is 0 Å². The third-order valence-electron chi connectivity index (χ3n) is 9.24. The van der Waals surface area contributed by atoms with Gasteiger partial charge in [-0.1, -0.05) is 54.6 Å². The minimum atomic E-state index is -1.10. The number of benzene rings is 4. The molecule has 0 aromatic heterocycles. The number of β-lactam (4-membered cyclic amide) rings is 1. The number of anilines is 2. The van der Waals surface area contributed by atoms with Gasteiger partial charge >= 0.3 is 6.03 Å². The number of carbonyl (C=O) groups excluding carboxylic acids is 2. The van der Waals surface area contributed by atoms with Crippen LogP contribution in [-0.2, 0) is 9.53 Å². The summed E-state index contributed by atoms with van der Waals surface area (Å²) in [6.45, 7) is 6.61. The van der Waals surface area contributed by atoms with Gasteiger partial charge in [0.05, 0.1) is 11.5 Å². The van der Waals surface area contributed by atoms with Gasteiger partial charge < -0.3 is 34.8 Å². The maximum atomic E-state index is 14.2. The molecule has 2 unspecified atom stereocenters. The Labute approximate surface area is 275 Å². The highest BCUT2D eigenvalue weighted by atomic mass is 16.6. The molecule has 2 heterocycles. The minimum absolute atomic E-state index is 0.0361. The molecule has 9 heteroatoms. The van der Waals surface area contributed by atoms with Gasteiger partial charge in [0.2, 0.25) is 5.91 Å². The number of piperidine rings is 1. The fraction of sp³-hybridized carbons (Fsp3) is 0.316.